The van der Waals surface area contributed by atoms with Gasteiger partial charge in [-0.1, -0.05) is 0 Å². The van der Waals surface area contributed by atoms with Gasteiger partial charge >= 0.3 is 0 Å². The van der Waals surface area contributed by atoms with E-state index in [1.807, 2.05) is 0 Å². The first-order valence-corrected chi connectivity index (χ1v) is 5.36. The molecule has 18 heavy (non-hydrogen) atoms. The molecule has 2 rings (SSSR count). The van der Waals surface area contributed by atoms with Crippen LogP contribution >= 0.6 is 0 Å². The van der Waals surface area contributed by atoms with E-state index in [1.54, 1.807) is 19.3 Å². The van der Waals surface area contributed by atoms with Crippen LogP contribution in [-0.4, -0.2) is 12.0 Å². The normalized spacial score (nSPS) is 10.7. The summed E-state index contributed by atoms with van der Waals surface area (Å²) in [5, 5.41) is 2.93. The zero-order valence-electron chi connectivity index (χ0n) is 9.67. The Morgan fingerprint density at radius 2 is 1.89 bits per heavy atom. The number of aromatic nitrogens is 1. The van der Waals surface area contributed by atoms with Crippen molar-refractivity contribution >= 4 is 0 Å². The second-order valence-electron chi connectivity index (χ2n) is 3.84. The van der Waals surface area contributed by atoms with Gasteiger partial charge < -0.3 is 5.32 Å². The summed E-state index contributed by atoms with van der Waals surface area (Å²) in [7, 11) is 1.77. The largest absolute Gasteiger partial charge is 0.316 e. The first-order chi connectivity index (χ1) is 8.63. The lowest BCUT2D eigenvalue weighted by Gasteiger charge is -2.06. The Kier molecular flexibility index (Phi) is 3.62. The third kappa shape index (κ3) is 2.36. The molecule has 0 radical (unpaired) electrons. The molecule has 0 aliphatic heterocycles. The van der Waals surface area contributed by atoms with Crippen LogP contribution in [0.5, 0.6) is 0 Å². The lowest BCUT2D eigenvalue weighted by molar-refractivity contribution is 0.449. The lowest BCUT2D eigenvalue weighted by atomic mass is 10.0. The number of nitrogens with one attached hydrogen (secondary N) is 1. The van der Waals surface area contributed by atoms with Crippen LogP contribution in [0.25, 0.3) is 11.1 Å². The number of rotatable bonds is 3. The second-order valence-corrected chi connectivity index (χ2v) is 3.84. The maximum atomic E-state index is 13.6. The molecule has 0 saturated heterocycles. The van der Waals surface area contributed by atoms with E-state index >= 15 is 0 Å². The first kappa shape index (κ1) is 12.6. The van der Waals surface area contributed by atoms with Crippen molar-refractivity contribution in [2.75, 3.05) is 7.05 Å². The summed E-state index contributed by atoms with van der Waals surface area (Å²) in [6.07, 6.45) is 3.03. The Morgan fingerprint density at radius 3 is 2.61 bits per heavy atom. The van der Waals surface area contributed by atoms with Crippen molar-refractivity contribution in [3.8, 4) is 11.1 Å². The predicted molar refractivity (Wildman–Crippen MR) is 62.3 cm³/mol. The van der Waals surface area contributed by atoms with Crippen molar-refractivity contribution in [3.63, 3.8) is 0 Å². The molecule has 0 unspecified atom stereocenters. The van der Waals surface area contributed by atoms with Crippen molar-refractivity contribution in [2.45, 2.75) is 6.54 Å². The fourth-order valence-corrected chi connectivity index (χ4v) is 1.68. The topological polar surface area (TPSA) is 24.9 Å². The molecule has 0 atom stereocenters. The average molecular weight is 252 g/mol. The molecule has 1 aromatic carbocycles. The van der Waals surface area contributed by atoms with Gasteiger partial charge in [0.25, 0.3) is 0 Å². The fourth-order valence-electron chi connectivity index (χ4n) is 1.68. The number of halogens is 3. The van der Waals surface area contributed by atoms with E-state index in [-0.39, 0.29) is 5.56 Å². The van der Waals surface area contributed by atoms with Gasteiger partial charge in [-0.15, -0.1) is 0 Å². The summed E-state index contributed by atoms with van der Waals surface area (Å²) >= 11 is 0. The number of nitrogens with zero attached hydrogens (tertiary/aromatic N) is 1. The van der Waals surface area contributed by atoms with Gasteiger partial charge in [0.1, 0.15) is 0 Å². The van der Waals surface area contributed by atoms with E-state index in [9.17, 15) is 13.2 Å². The predicted octanol–water partition coefficient (Wildman–Crippen LogP) is 2.89. The van der Waals surface area contributed by atoms with Crippen LogP contribution in [0.15, 0.2) is 30.6 Å². The summed E-state index contributed by atoms with van der Waals surface area (Å²) < 4.78 is 39.6. The lowest BCUT2D eigenvalue weighted by Crippen LogP contribution is -2.05. The maximum absolute atomic E-state index is 13.6. The van der Waals surface area contributed by atoms with Gasteiger partial charge in [0.05, 0.1) is 0 Å². The van der Waals surface area contributed by atoms with Gasteiger partial charge in [0, 0.05) is 30.1 Å². The highest BCUT2D eigenvalue weighted by Gasteiger charge is 2.14. The molecule has 0 fully saturated rings. The van der Waals surface area contributed by atoms with Crippen molar-refractivity contribution in [1.82, 2.24) is 10.3 Å². The molecule has 0 aliphatic carbocycles. The third-order valence-corrected chi connectivity index (χ3v) is 2.52. The molecule has 2 nitrogen and oxygen atoms in total. The van der Waals surface area contributed by atoms with Gasteiger partial charge in [-0.3, -0.25) is 4.98 Å². The van der Waals surface area contributed by atoms with Crippen LogP contribution in [0.2, 0.25) is 0 Å². The molecule has 0 aliphatic rings. The quantitative estimate of drug-likeness (QED) is 0.850. The highest BCUT2D eigenvalue weighted by atomic mass is 19.2. The van der Waals surface area contributed by atoms with Crippen LogP contribution in [0.3, 0.4) is 0 Å². The Hall–Kier alpha value is -1.88. The molecule has 0 saturated carbocycles. The van der Waals surface area contributed by atoms with Crippen molar-refractivity contribution in [3.05, 3.63) is 53.6 Å². The van der Waals surface area contributed by atoms with Crippen molar-refractivity contribution < 1.29 is 13.2 Å². The average Bonchev–Trinajstić information content (AvgIpc) is 2.37. The highest BCUT2D eigenvalue weighted by molar-refractivity contribution is 5.63. The Bertz CT molecular complexity index is 570. The molecule has 94 valence electrons. The Balaban J connectivity index is 2.48. The number of pyridine rings is 1. The molecule has 0 bridgehead atoms. The minimum Gasteiger partial charge on any atom is -0.316 e. The summed E-state index contributed by atoms with van der Waals surface area (Å²) in [5.41, 5.74) is 1.25. The van der Waals surface area contributed by atoms with E-state index in [1.165, 1.54) is 12.3 Å². The van der Waals surface area contributed by atoms with Gasteiger partial charge in [-0.2, -0.15) is 0 Å². The summed E-state index contributed by atoms with van der Waals surface area (Å²) in [4.78, 5) is 3.95. The molecule has 1 heterocycles. The van der Waals surface area contributed by atoms with Crippen molar-refractivity contribution in [2.24, 2.45) is 0 Å². The van der Waals surface area contributed by atoms with E-state index in [0.717, 1.165) is 11.6 Å². The van der Waals surface area contributed by atoms with Gasteiger partial charge in [0.2, 0.25) is 0 Å². The Morgan fingerprint density at radius 1 is 1.11 bits per heavy atom. The van der Waals surface area contributed by atoms with E-state index in [0.29, 0.717) is 12.1 Å². The summed E-state index contributed by atoms with van der Waals surface area (Å²) in [6.45, 7) is 0.562. The molecule has 0 spiro atoms. The summed E-state index contributed by atoms with van der Waals surface area (Å²) in [5.74, 6) is -3.86. The van der Waals surface area contributed by atoms with Crippen LogP contribution in [0.4, 0.5) is 13.2 Å². The van der Waals surface area contributed by atoms with Gasteiger partial charge in [-0.05, 0) is 30.8 Å². The maximum Gasteiger partial charge on any atom is 0.195 e. The van der Waals surface area contributed by atoms with E-state index < -0.39 is 17.5 Å². The summed E-state index contributed by atoms with van der Waals surface area (Å²) in [6, 6.07) is 3.78. The monoisotopic (exact) mass is 252 g/mol. The minimum atomic E-state index is -1.47. The van der Waals surface area contributed by atoms with Gasteiger partial charge in [0.15, 0.2) is 17.5 Å². The first-order valence-electron chi connectivity index (χ1n) is 5.36. The Labute approximate surface area is 102 Å². The highest BCUT2D eigenvalue weighted by Crippen LogP contribution is 2.25. The van der Waals surface area contributed by atoms with Crippen LogP contribution in [0, 0.1) is 17.5 Å². The zero-order valence-corrected chi connectivity index (χ0v) is 9.67. The zero-order chi connectivity index (χ0) is 13.1. The molecule has 0 amide bonds. The molecule has 5 heteroatoms. The van der Waals surface area contributed by atoms with E-state index in [4.69, 9.17) is 0 Å². The molecular weight excluding hydrogens is 241 g/mol. The van der Waals surface area contributed by atoms with E-state index in [2.05, 4.69) is 10.3 Å². The van der Waals surface area contributed by atoms with Crippen LogP contribution in [-0.2, 0) is 6.54 Å². The van der Waals surface area contributed by atoms with Gasteiger partial charge in [-0.25, -0.2) is 13.2 Å². The minimum absolute atomic E-state index is 0.000599. The molecular formula is C13H11F3N2. The number of hydrogen-bond donors (Lipinski definition) is 1. The smallest absolute Gasteiger partial charge is 0.195 e. The van der Waals surface area contributed by atoms with Crippen LogP contribution < -0.4 is 5.32 Å². The SMILES string of the molecule is CNCc1cncc(-c2ccc(F)c(F)c2F)c1. The number of hydrogen-bond acceptors (Lipinski definition) is 2. The third-order valence-electron chi connectivity index (χ3n) is 2.52. The fraction of sp³-hybridized carbons (Fsp3) is 0.154. The molecule has 2 aromatic rings. The molecule has 1 N–H and O–H groups in total. The standard InChI is InChI=1S/C13H11F3N2/c1-17-5-8-4-9(7-18-6-8)10-2-3-11(14)13(16)12(10)15/h2-4,6-7,17H,5H2,1H3. The number of benzene rings is 1. The van der Waals surface area contributed by atoms with Crippen LogP contribution in [0.1, 0.15) is 5.56 Å². The second kappa shape index (κ2) is 5.18. The van der Waals surface area contributed by atoms with Crippen molar-refractivity contribution in [1.29, 1.82) is 0 Å². The molecule has 1 aromatic heterocycles.